The first-order chi connectivity index (χ1) is 13.2. The van der Waals surface area contributed by atoms with E-state index in [1.54, 1.807) is 6.20 Å². The molecule has 1 fully saturated rings. The lowest BCUT2D eigenvalue weighted by Gasteiger charge is -2.11. The molecule has 1 atom stereocenters. The first kappa shape index (κ1) is 17.7. The van der Waals surface area contributed by atoms with Crippen LogP contribution in [0, 0.1) is 0 Å². The Hall–Kier alpha value is -2.67. The normalized spacial score (nSPS) is 17.0. The second kappa shape index (κ2) is 7.52. The van der Waals surface area contributed by atoms with Gasteiger partial charge in [0.05, 0.1) is 12.3 Å². The van der Waals surface area contributed by atoms with Crippen molar-refractivity contribution in [3.05, 3.63) is 40.8 Å². The molecule has 0 radical (unpaired) electrons. The van der Waals surface area contributed by atoms with Crippen LogP contribution in [0.5, 0.6) is 0 Å². The topological polar surface area (TPSA) is 78.2 Å². The summed E-state index contributed by atoms with van der Waals surface area (Å²) in [5, 5.41) is 8.94. The molecule has 3 aromatic rings. The minimum atomic E-state index is -0.232. The van der Waals surface area contributed by atoms with Crippen LogP contribution in [0.25, 0.3) is 21.8 Å². The number of aromatic nitrogens is 3. The average Bonchev–Trinajstić information content (AvgIpc) is 3.30. The van der Waals surface area contributed by atoms with Crippen LogP contribution in [0.3, 0.4) is 0 Å². The molecule has 0 bridgehead atoms. The highest BCUT2D eigenvalue weighted by atomic mass is 16.5. The number of fused-ring (bicyclic) bond motifs is 3. The summed E-state index contributed by atoms with van der Waals surface area (Å²) in [5.74, 6) is -0.224. The first-order valence-corrected chi connectivity index (χ1v) is 9.54. The maximum atomic E-state index is 13.1. The van der Waals surface area contributed by atoms with Crippen molar-refractivity contribution in [2.45, 2.75) is 45.4 Å². The van der Waals surface area contributed by atoms with E-state index in [9.17, 15) is 9.59 Å². The molecule has 2 aromatic heterocycles. The van der Waals surface area contributed by atoms with Gasteiger partial charge in [0.15, 0.2) is 0 Å². The fraction of sp³-hybridized carbons (Fsp3) is 0.450. The van der Waals surface area contributed by atoms with Crippen LogP contribution in [0.4, 0.5) is 0 Å². The van der Waals surface area contributed by atoms with Crippen molar-refractivity contribution in [1.82, 2.24) is 19.7 Å². The molecule has 4 rings (SSSR count). The molecule has 1 aliphatic heterocycles. The summed E-state index contributed by atoms with van der Waals surface area (Å²) in [7, 11) is 0. The number of aryl methyl sites for hydroxylation is 1. The monoisotopic (exact) mass is 368 g/mol. The number of rotatable bonds is 6. The van der Waals surface area contributed by atoms with Crippen LogP contribution in [-0.2, 0) is 22.6 Å². The number of carbonyl (C=O) groups excluding carboxylic acids is 1. The fourth-order valence-electron chi connectivity index (χ4n) is 3.79. The molecule has 7 heteroatoms. The lowest BCUT2D eigenvalue weighted by atomic mass is 10.2. The predicted molar refractivity (Wildman–Crippen MR) is 104 cm³/mol. The zero-order valence-corrected chi connectivity index (χ0v) is 15.5. The van der Waals surface area contributed by atoms with E-state index >= 15 is 0 Å². The Morgan fingerprint density at radius 1 is 1.33 bits per heavy atom. The summed E-state index contributed by atoms with van der Waals surface area (Å²) < 4.78 is 8.79. The van der Waals surface area contributed by atoms with E-state index in [-0.39, 0.29) is 24.1 Å². The van der Waals surface area contributed by atoms with Gasteiger partial charge in [0.1, 0.15) is 12.1 Å². The molecule has 0 aliphatic carbocycles. The van der Waals surface area contributed by atoms with Gasteiger partial charge in [-0.3, -0.25) is 9.59 Å². The quantitative estimate of drug-likeness (QED) is 0.722. The molecule has 1 aromatic carbocycles. The molecule has 0 saturated carbocycles. The van der Waals surface area contributed by atoms with Gasteiger partial charge in [-0.2, -0.15) is 5.10 Å². The van der Waals surface area contributed by atoms with Crippen molar-refractivity contribution in [2.75, 3.05) is 13.2 Å². The van der Waals surface area contributed by atoms with Gasteiger partial charge in [-0.05, 0) is 25.3 Å². The fourth-order valence-corrected chi connectivity index (χ4v) is 3.79. The van der Waals surface area contributed by atoms with Gasteiger partial charge in [0.25, 0.3) is 5.56 Å². The Kier molecular flexibility index (Phi) is 4.94. The summed E-state index contributed by atoms with van der Waals surface area (Å²) >= 11 is 0. The SMILES string of the molecule is CCCn1c2ccccc2c2cnn(CC(=O)NCC3CCCO3)c(=O)c21. The van der Waals surface area contributed by atoms with Crippen molar-refractivity contribution < 1.29 is 9.53 Å². The summed E-state index contributed by atoms with van der Waals surface area (Å²) in [6.07, 6.45) is 4.67. The summed E-state index contributed by atoms with van der Waals surface area (Å²) in [6.45, 7) is 3.97. The van der Waals surface area contributed by atoms with Gasteiger partial charge in [-0.15, -0.1) is 0 Å². The molecule has 1 aliphatic rings. The van der Waals surface area contributed by atoms with Crippen LogP contribution >= 0.6 is 0 Å². The van der Waals surface area contributed by atoms with Crippen molar-refractivity contribution in [1.29, 1.82) is 0 Å². The van der Waals surface area contributed by atoms with E-state index < -0.39 is 0 Å². The molecule has 142 valence electrons. The van der Waals surface area contributed by atoms with Gasteiger partial charge in [0.2, 0.25) is 5.91 Å². The molecule has 1 amide bonds. The summed E-state index contributed by atoms with van der Waals surface area (Å²) in [5.41, 5.74) is 1.40. The number of carbonyl (C=O) groups is 1. The molecule has 1 N–H and O–H groups in total. The lowest BCUT2D eigenvalue weighted by molar-refractivity contribution is -0.122. The number of para-hydroxylation sites is 1. The first-order valence-electron chi connectivity index (χ1n) is 9.54. The number of hydrogen-bond donors (Lipinski definition) is 1. The maximum Gasteiger partial charge on any atom is 0.291 e. The minimum Gasteiger partial charge on any atom is -0.376 e. The molecule has 3 heterocycles. The third-order valence-electron chi connectivity index (χ3n) is 5.06. The Labute approximate surface area is 156 Å². The van der Waals surface area contributed by atoms with Gasteiger partial charge in [0, 0.05) is 36.0 Å². The zero-order chi connectivity index (χ0) is 18.8. The molecule has 0 spiro atoms. The van der Waals surface area contributed by atoms with E-state index in [0.29, 0.717) is 12.1 Å². The van der Waals surface area contributed by atoms with E-state index in [1.807, 2.05) is 28.8 Å². The molecular weight excluding hydrogens is 344 g/mol. The van der Waals surface area contributed by atoms with Crippen molar-refractivity contribution >= 4 is 27.7 Å². The maximum absolute atomic E-state index is 13.1. The minimum absolute atomic E-state index is 0.0770. The highest BCUT2D eigenvalue weighted by molar-refractivity contribution is 6.07. The third kappa shape index (κ3) is 3.35. The van der Waals surface area contributed by atoms with Gasteiger partial charge in [-0.1, -0.05) is 25.1 Å². The van der Waals surface area contributed by atoms with Crippen LogP contribution < -0.4 is 10.9 Å². The molecule has 1 unspecified atom stereocenters. The van der Waals surface area contributed by atoms with Crippen molar-refractivity contribution in [3.8, 4) is 0 Å². The predicted octanol–water partition coefficient (Wildman–Crippen LogP) is 2.06. The van der Waals surface area contributed by atoms with Gasteiger partial charge in [-0.25, -0.2) is 4.68 Å². The van der Waals surface area contributed by atoms with E-state index in [0.717, 1.165) is 48.7 Å². The molecular formula is C20H24N4O3. The lowest BCUT2D eigenvalue weighted by Crippen LogP contribution is -2.37. The highest BCUT2D eigenvalue weighted by Crippen LogP contribution is 2.26. The molecule has 7 nitrogen and oxygen atoms in total. The number of amides is 1. The standard InChI is InChI=1S/C20H24N4O3/c1-2-9-23-17-8-4-3-7-15(17)16-12-22-24(20(26)19(16)23)13-18(25)21-11-14-6-5-10-27-14/h3-4,7-8,12,14H,2,5-6,9-11,13H2,1H3,(H,21,25). The number of hydrogen-bond acceptors (Lipinski definition) is 4. The van der Waals surface area contributed by atoms with Crippen LogP contribution in [0.2, 0.25) is 0 Å². The largest absolute Gasteiger partial charge is 0.376 e. The number of ether oxygens (including phenoxy) is 1. The number of nitrogens with zero attached hydrogens (tertiary/aromatic N) is 3. The second-order valence-electron chi connectivity index (χ2n) is 6.98. The zero-order valence-electron chi connectivity index (χ0n) is 15.5. The van der Waals surface area contributed by atoms with Crippen molar-refractivity contribution in [3.63, 3.8) is 0 Å². The third-order valence-corrected chi connectivity index (χ3v) is 5.06. The molecule has 1 saturated heterocycles. The summed E-state index contributed by atoms with van der Waals surface area (Å²) in [6, 6.07) is 7.95. The van der Waals surface area contributed by atoms with Crippen molar-refractivity contribution in [2.24, 2.45) is 0 Å². The van der Waals surface area contributed by atoms with Crippen LogP contribution in [0.1, 0.15) is 26.2 Å². The van der Waals surface area contributed by atoms with Gasteiger partial charge < -0.3 is 14.6 Å². The summed E-state index contributed by atoms with van der Waals surface area (Å²) in [4.78, 5) is 25.3. The second-order valence-corrected chi connectivity index (χ2v) is 6.98. The smallest absolute Gasteiger partial charge is 0.291 e. The average molecular weight is 368 g/mol. The molecule has 27 heavy (non-hydrogen) atoms. The Morgan fingerprint density at radius 3 is 2.96 bits per heavy atom. The Morgan fingerprint density at radius 2 is 2.19 bits per heavy atom. The Balaban J connectivity index is 1.65. The number of nitrogens with one attached hydrogen (secondary N) is 1. The Bertz CT molecular complexity index is 1030. The van der Waals surface area contributed by atoms with E-state index in [2.05, 4.69) is 17.3 Å². The van der Waals surface area contributed by atoms with E-state index in [1.165, 1.54) is 4.68 Å². The number of benzene rings is 1. The van der Waals surface area contributed by atoms with Crippen LogP contribution in [-0.4, -0.2) is 39.5 Å². The van der Waals surface area contributed by atoms with Crippen LogP contribution in [0.15, 0.2) is 35.3 Å². The van der Waals surface area contributed by atoms with Gasteiger partial charge >= 0.3 is 0 Å². The highest BCUT2D eigenvalue weighted by Gasteiger charge is 2.18. The van der Waals surface area contributed by atoms with E-state index in [4.69, 9.17) is 4.74 Å².